The molecule has 0 amide bonds. The molecule has 0 atom stereocenters. The van der Waals surface area contributed by atoms with Gasteiger partial charge in [-0.3, -0.25) is 0 Å². The molecule has 2 aromatic carbocycles. The number of benzene rings is 2. The predicted octanol–water partition coefficient (Wildman–Crippen LogP) is 3.60. The summed E-state index contributed by atoms with van der Waals surface area (Å²) < 4.78 is 0. The Morgan fingerprint density at radius 1 is 1.13 bits per heavy atom. The Kier molecular flexibility index (Phi) is 4.28. The van der Waals surface area contributed by atoms with Crippen molar-refractivity contribution in [2.24, 2.45) is 0 Å². The molecule has 0 aliphatic carbocycles. The number of hydrogen-bond acceptors (Lipinski definition) is 3. The lowest BCUT2D eigenvalue weighted by Crippen LogP contribution is -2.32. The molecule has 3 heteroatoms. The first-order chi connectivity index (χ1) is 11.1. The summed E-state index contributed by atoms with van der Waals surface area (Å²) in [7, 11) is 4.10. The van der Waals surface area contributed by atoms with Gasteiger partial charge in [0.1, 0.15) is 0 Å². The Morgan fingerprint density at radius 2 is 1.91 bits per heavy atom. The van der Waals surface area contributed by atoms with Crippen LogP contribution >= 0.6 is 0 Å². The molecule has 3 rings (SSSR count). The number of nitrogens with zero attached hydrogens (tertiary/aromatic N) is 2. The van der Waals surface area contributed by atoms with Crippen molar-refractivity contribution in [2.45, 2.75) is 13.5 Å². The SMILES string of the molecule is C=C(NC)N1CCN(C)c2ccc(-c3ccccc3C)cc2C1. The van der Waals surface area contributed by atoms with Gasteiger partial charge in [-0.25, -0.2) is 0 Å². The maximum absolute atomic E-state index is 4.13. The maximum atomic E-state index is 4.13. The van der Waals surface area contributed by atoms with Gasteiger partial charge in [0, 0.05) is 39.4 Å². The van der Waals surface area contributed by atoms with Crippen LogP contribution < -0.4 is 10.2 Å². The quantitative estimate of drug-likeness (QED) is 0.934. The van der Waals surface area contributed by atoms with Crippen molar-refractivity contribution in [3.63, 3.8) is 0 Å². The van der Waals surface area contributed by atoms with Gasteiger partial charge in [-0.1, -0.05) is 36.9 Å². The van der Waals surface area contributed by atoms with Gasteiger partial charge in [0.25, 0.3) is 0 Å². The molecular weight excluding hydrogens is 282 g/mol. The molecule has 2 aromatic rings. The molecule has 1 aliphatic rings. The number of anilines is 1. The zero-order valence-corrected chi connectivity index (χ0v) is 14.3. The van der Waals surface area contributed by atoms with Gasteiger partial charge in [-0.15, -0.1) is 0 Å². The molecule has 1 heterocycles. The van der Waals surface area contributed by atoms with Gasteiger partial charge < -0.3 is 15.1 Å². The molecular formula is C20H25N3. The van der Waals surface area contributed by atoms with Gasteiger partial charge in [0.2, 0.25) is 0 Å². The van der Waals surface area contributed by atoms with Crippen LogP contribution in [0.3, 0.4) is 0 Å². The minimum Gasteiger partial charge on any atom is -0.375 e. The van der Waals surface area contributed by atoms with Gasteiger partial charge in [0.05, 0.1) is 5.82 Å². The standard InChI is InChI=1S/C20H25N3/c1-15-7-5-6-8-19(15)17-9-10-20-18(13-17)14-23(16(2)21-3)12-11-22(20)4/h5-10,13,21H,2,11-12,14H2,1,3-4H3. The molecule has 3 nitrogen and oxygen atoms in total. The minimum atomic E-state index is 0.888. The molecule has 0 unspecified atom stereocenters. The van der Waals surface area contributed by atoms with E-state index in [9.17, 15) is 0 Å². The van der Waals surface area contributed by atoms with E-state index in [1.54, 1.807) is 0 Å². The molecule has 1 N–H and O–H groups in total. The van der Waals surface area contributed by atoms with E-state index >= 15 is 0 Å². The molecule has 0 saturated carbocycles. The van der Waals surface area contributed by atoms with Gasteiger partial charge >= 0.3 is 0 Å². The lowest BCUT2D eigenvalue weighted by molar-refractivity contribution is 0.333. The van der Waals surface area contributed by atoms with Crippen LogP contribution in [0.4, 0.5) is 5.69 Å². The smallest absolute Gasteiger partial charge is 0.0939 e. The zero-order valence-electron chi connectivity index (χ0n) is 14.3. The highest BCUT2D eigenvalue weighted by Gasteiger charge is 2.19. The van der Waals surface area contributed by atoms with E-state index in [0.29, 0.717) is 0 Å². The Bertz CT molecular complexity index is 721. The van der Waals surface area contributed by atoms with Crippen LogP contribution in [0.25, 0.3) is 11.1 Å². The predicted molar refractivity (Wildman–Crippen MR) is 98.5 cm³/mol. The Hall–Kier alpha value is -2.42. The first-order valence-electron chi connectivity index (χ1n) is 8.12. The number of nitrogens with one attached hydrogen (secondary N) is 1. The van der Waals surface area contributed by atoms with Crippen molar-refractivity contribution >= 4 is 5.69 Å². The summed E-state index contributed by atoms with van der Waals surface area (Å²) >= 11 is 0. The average molecular weight is 307 g/mol. The van der Waals surface area contributed by atoms with Crippen LogP contribution in [0.5, 0.6) is 0 Å². The van der Waals surface area contributed by atoms with Crippen molar-refractivity contribution in [2.75, 3.05) is 32.1 Å². The maximum Gasteiger partial charge on any atom is 0.0939 e. The van der Waals surface area contributed by atoms with Gasteiger partial charge in [-0.05, 0) is 41.3 Å². The molecule has 1 aliphatic heterocycles. The average Bonchev–Trinajstić information content (AvgIpc) is 2.73. The van der Waals surface area contributed by atoms with Crippen LogP contribution in [0.2, 0.25) is 0 Å². The van der Waals surface area contributed by atoms with Crippen molar-refractivity contribution in [1.82, 2.24) is 10.2 Å². The normalized spacial score (nSPS) is 14.2. The summed E-state index contributed by atoms with van der Waals surface area (Å²) in [5.74, 6) is 0.979. The molecule has 0 radical (unpaired) electrons. The first-order valence-corrected chi connectivity index (χ1v) is 8.12. The Morgan fingerprint density at radius 3 is 2.65 bits per heavy atom. The topological polar surface area (TPSA) is 18.5 Å². The summed E-state index contributed by atoms with van der Waals surface area (Å²) in [4.78, 5) is 4.64. The molecule has 0 bridgehead atoms. The second-order valence-corrected chi connectivity index (χ2v) is 6.20. The number of aryl methyl sites for hydroxylation is 1. The summed E-state index contributed by atoms with van der Waals surface area (Å²) in [5, 5.41) is 3.18. The molecule has 23 heavy (non-hydrogen) atoms. The second-order valence-electron chi connectivity index (χ2n) is 6.20. The summed E-state index contributed by atoms with van der Waals surface area (Å²) in [6, 6.07) is 15.4. The fraction of sp³-hybridized carbons (Fsp3) is 0.300. The van der Waals surface area contributed by atoms with Crippen LogP contribution in [0.15, 0.2) is 54.9 Å². The fourth-order valence-corrected chi connectivity index (χ4v) is 3.21. The second kappa shape index (κ2) is 6.37. The van der Waals surface area contributed by atoms with Crippen molar-refractivity contribution in [1.29, 1.82) is 0 Å². The van der Waals surface area contributed by atoms with E-state index in [1.807, 2.05) is 7.05 Å². The monoisotopic (exact) mass is 307 g/mol. The fourth-order valence-electron chi connectivity index (χ4n) is 3.21. The van der Waals surface area contributed by atoms with E-state index in [0.717, 1.165) is 25.5 Å². The molecule has 0 fully saturated rings. The van der Waals surface area contributed by atoms with Crippen LogP contribution in [0.1, 0.15) is 11.1 Å². The van der Waals surface area contributed by atoms with Crippen LogP contribution in [0, 0.1) is 6.92 Å². The highest BCUT2D eigenvalue weighted by Crippen LogP contribution is 2.31. The Labute approximate surface area is 139 Å². The zero-order chi connectivity index (χ0) is 16.4. The minimum absolute atomic E-state index is 0.888. The van der Waals surface area contributed by atoms with Crippen molar-refractivity contribution < 1.29 is 0 Å². The number of hydrogen-bond donors (Lipinski definition) is 1. The van der Waals surface area contributed by atoms with Gasteiger partial charge in [0.15, 0.2) is 0 Å². The van der Waals surface area contributed by atoms with Crippen molar-refractivity contribution in [3.05, 3.63) is 66.0 Å². The molecule has 0 spiro atoms. The van der Waals surface area contributed by atoms with E-state index in [4.69, 9.17) is 0 Å². The van der Waals surface area contributed by atoms with Crippen molar-refractivity contribution in [3.8, 4) is 11.1 Å². The third kappa shape index (κ3) is 3.04. The lowest BCUT2D eigenvalue weighted by atomic mass is 9.98. The van der Waals surface area contributed by atoms with E-state index in [1.165, 1.54) is 27.9 Å². The summed E-state index contributed by atoms with van der Waals surface area (Å²) in [5.41, 5.74) is 6.56. The molecule has 120 valence electrons. The first kappa shape index (κ1) is 15.5. The third-order valence-electron chi connectivity index (χ3n) is 4.68. The Balaban J connectivity index is 2.02. The van der Waals surface area contributed by atoms with Crippen LogP contribution in [-0.4, -0.2) is 32.1 Å². The van der Waals surface area contributed by atoms with E-state index < -0.39 is 0 Å². The lowest BCUT2D eigenvalue weighted by Gasteiger charge is -2.24. The van der Waals surface area contributed by atoms with E-state index in [2.05, 4.69) is 78.1 Å². The summed E-state index contributed by atoms with van der Waals surface area (Å²) in [6.45, 7) is 9.16. The number of rotatable bonds is 3. The van der Waals surface area contributed by atoms with Gasteiger partial charge in [-0.2, -0.15) is 0 Å². The largest absolute Gasteiger partial charge is 0.375 e. The van der Waals surface area contributed by atoms with E-state index in [-0.39, 0.29) is 0 Å². The third-order valence-corrected chi connectivity index (χ3v) is 4.68. The number of fused-ring (bicyclic) bond motifs is 1. The molecule has 0 aromatic heterocycles. The molecule has 0 saturated heterocycles. The van der Waals surface area contributed by atoms with Crippen LogP contribution in [-0.2, 0) is 6.54 Å². The summed E-state index contributed by atoms with van der Waals surface area (Å²) in [6.07, 6.45) is 0. The highest BCUT2D eigenvalue weighted by molar-refractivity contribution is 5.71. The highest BCUT2D eigenvalue weighted by atomic mass is 15.3. The number of likely N-dealkylation sites (N-methyl/N-ethyl adjacent to an activating group) is 1.